The summed E-state index contributed by atoms with van der Waals surface area (Å²) in [6.45, 7) is 1.80. The van der Waals surface area contributed by atoms with Gasteiger partial charge in [-0.1, -0.05) is 0 Å². The first-order chi connectivity index (χ1) is 8.26. The van der Waals surface area contributed by atoms with Crippen molar-refractivity contribution in [3.05, 3.63) is 23.8 Å². The lowest BCUT2D eigenvalue weighted by Gasteiger charge is -2.17. The molecular formula is C13H18N2O2. The normalized spacial score (nSPS) is 11.3. The van der Waals surface area contributed by atoms with Crippen molar-refractivity contribution in [1.82, 2.24) is 5.43 Å². The number of nitrogens with two attached hydrogens (primary N) is 1. The van der Waals surface area contributed by atoms with Gasteiger partial charge in [0.2, 0.25) is 0 Å². The van der Waals surface area contributed by atoms with Gasteiger partial charge in [-0.3, -0.25) is 11.3 Å². The van der Waals surface area contributed by atoms with Gasteiger partial charge in [0.1, 0.15) is 11.5 Å². The van der Waals surface area contributed by atoms with E-state index in [2.05, 4.69) is 17.3 Å². The highest BCUT2D eigenvalue weighted by Gasteiger charge is 2.14. The molecule has 1 aromatic rings. The van der Waals surface area contributed by atoms with Gasteiger partial charge in [-0.25, -0.2) is 0 Å². The molecule has 0 saturated carbocycles. The van der Waals surface area contributed by atoms with Crippen LogP contribution in [0.3, 0.4) is 0 Å². The molecule has 0 spiro atoms. The van der Waals surface area contributed by atoms with E-state index >= 15 is 0 Å². The molecule has 0 bridgehead atoms. The number of hydrazine groups is 1. The van der Waals surface area contributed by atoms with Gasteiger partial charge in [-0.2, -0.15) is 0 Å². The Morgan fingerprint density at radius 1 is 1.35 bits per heavy atom. The Bertz CT molecular complexity index is 421. The van der Waals surface area contributed by atoms with Gasteiger partial charge in [0.15, 0.2) is 0 Å². The highest BCUT2D eigenvalue weighted by molar-refractivity contribution is 5.42. The first kappa shape index (κ1) is 13.4. The minimum atomic E-state index is -0.0764. The number of methoxy groups -OCH3 is 2. The number of hydrogen-bond donors (Lipinski definition) is 2. The summed E-state index contributed by atoms with van der Waals surface area (Å²) < 4.78 is 10.5. The summed E-state index contributed by atoms with van der Waals surface area (Å²) in [5.41, 5.74) is 3.68. The van der Waals surface area contributed by atoms with Crippen molar-refractivity contribution in [2.24, 2.45) is 5.84 Å². The molecule has 92 valence electrons. The molecule has 1 atom stereocenters. The van der Waals surface area contributed by atoms with E-state index in [0.29, 0.717) is 6.42 Å². The van der Waals surface area contributed by atoms with E-state index in [4.69, 9.17) is 15.3 Å². The maximum atomic E-state index is 5.55. The van der Waals surface area contributed by atoms with Crippen LogP contribution in [0.25, 0.3) is 0 Å². The standard InChI is InChI=1S/C13H18N2O2/c1-4-5-6-12(15-14)11-9-10(16-2)7-8-13(11)17-3/h7-9,12,15H,6,14H2,1-3H3. The monoisotopic (exact) mass is 234 g/mol. The molecule has 17 heavy (non-hydrogen) atoms. The Labute approximate surface area is 102 Å². The molecule has 0 heterocycles. The minimum Gasteiger partial charge on any atom is -0.497 e. The zero-order valence-corrected chi connectivity index (χ0v) is 10.4. The molecule has 0 aromatic heterocycles. The van der Waals surface area contributed by atoms with Crippen molar-refractivity contribution in [3.63, 3.8) is 0 Å². The van der Waals surface area contributed by atoms with Crippen LogP contribution in [0.2, 0.25) is 0 Å². The van der Waals surface area contributed by atoms with E-state index in [-0.39, 0.29) is 6.04 Å². The third kappa shape index (κ3) is 3.38. The summed E-state index contributed by atoms with van der Waals surface area (Å²) in [5, 5.41) is 0. The molecule has 1 rings (SSSR count). The Kier molecular flexibility index (Phi) is 5.34. The predicted octanol–water partition coefficient (Wildman–Crippen LogP) is 1.62. The largest absolute Gasteiger partial charge is 0.497 e. The van der Waals surface area contributed by atoms with Crippen LogP contribution in [0.1, 0.15) is 24.9 Å². The zero-order chi connectivity index (χ0) is 12.7. The first-order valence-corrected chi connectivity index (χ1v) is 5.34. The summed E-state index contributed by atoms with van der Waals surface area (Å²) in [5.74, 6) is 12.9. The van der Waals surface area contributed by atoms with Crippen LogP contribution >= 0.6 is 0 Å². The van der Waals surface area contributed by atoms with Crippen LogP contribution in [0.4, 0.5) is 0 Å². The lowest BCUT2D eigenvalue weighted by atomic mass is 10.0. The van der Waals surface area contributed by atoms with Crippen molar-refractivity contribution < 1.29 is 9.47 Å². The molecule has 1 aromatic carbocycles. The van der Waals surface area contributed by atoms with Gasteiger partial charge in [-0.05, 0) is 25.1 Å². The maximum Gasteiger partial charge on any atom is 0.123 e. The molecule has 0 aliphatic carbocycles. The second-order valence-electron chi connectivity index (χ2n) is 3.46. The van der Waals surface area contributed by atoms with Gasteiger partial charge >= 0.3 is 0 Å². The Hall–Kier alpha value is -1.70. The van der Waals surface area contributed by atoms with Gasteiger partial charge in [0.05, 0.1) is 20.3 Å². The molecule has 0 aliphatic heterocycles. The lowest BCUT2D eigenvalue weighted by Crippen LogP contribution is -2.28. The Morgan fingerprint density at radius 3 is 2.65 bits per heavy atom. The van der Waals surface area contributed by atoms with Crippen LogP contribution in [0, 0.1) is 11.8 Å². The molecule has 0 fully saturated rings. The lowest BCUT2D eigenvalue weighted by molar-refractivity contribution is 0.390. The molecule has 0 amide bonds. The minimum absolute atomic E-state index is 0.0764. The van der Waals surface area contributed by atoms with E-state index in [1.807, 2.05) is 18.2 Å². The SMILES string of the molecule is CC#CCC(NN)c1cc(OC)ccc1OC. The number of ether oxygens (including phenoxy) is 2. The van der Waals surface area contributed by atoms with Crippen molar-refractivity contribution in [1.29, 1.82) is 0 Å². The van der Waals surface area contributed by atoms with E-state index in [0.717, 1.165) is 17.1 Å². The van der Waals surface area contributed by atoms with Crippen molar-refractivity contribution in [3.8, 4) is 23.3 Å². The highest BCUT2D eigenvalue weighted by Crippen LogP contribution is 2.30. The second kappa shape index (κ2) is 6.79. The Morgan fingerprint density at radius 2 is 2.12 bits per heavy atom. The van der Waals surface area contributed by atoms with Crippen LogP contribution in [0.5, 0.6) is 11.5 Å². The van der Waals surface area contributed by atoms with Gasteiger partial charge in [0, 0.05) is 12.0 Å². The first-order valence-electron chi connectivity index (χ1n) is 5.34. The van der Waals surface area contributed by atoms with Crippen molar-refractivity contribution in [2.45, 2.75) is 19.4 Å². The van der Waals surface area contributed by atoms with Crippen LogP contribution in [-0.2, 0) is 0 Å². The zero-order valence-electron chi connectivity index (χ0n) is 10.4. The third-order valence-electron chi connectivity index (χ3n) is 2.50. The fraction of sp³-hybridized carbons (Fsp3) is 0.385. The maximum absolute atomic E-state index is 5.55. The molecule has 0 aliphatic rings. The second-order valence-corrected chi connectivity index (χ2v) is 3.46. The van der Waals surface area contributed by atoms with E-state index in [9.17, 15) is 0 Å². The summed E-state index contributed by atoms with van der Waals surface area (Å²) in [6, 6.07) is 5.53. The molecular weight excluding hydrogens is 216 g/mol. The number of benzene rings is 1. The number of hydrogen-bond acceptors (Lipinski definition) is 4. The molecule has 3 N–H and O–H groups in total. The third-order valence-corrected chi connectivity index (χ3v) is 2.50. The van der Waals surface area contributed by atoms with Crippen LogP contribution < -0.4 is 20.7 Å². The summed E-state index contributed by atoms with van der Waals surface area (Å²) in [7, 11) is 3.26. The Balaban J connectivity index is 3.08. The van der Waals surface area contributed by atoms with Crippen molar-refractivity contribution in [2.75, 3.05) is 14.2 Å². The topological polar surface area (TPSA) is 56.5 Å². The molecule has 4 heteroatoms. The quantitative estimate of drug-likeness (QED) is 0.462. The smallest absolute Gasteiger partial charge is 0.123 e. The molecule has 0 saturated heterocycles. The summed E-state index contributed by atoms with van der Waals surface area (Å²) in [4.78, 5) is 0. The fourth-order valence-corrected chi connectivity index (χ4v) is 1.57. The molecule has 4 nitrogen and oxygen atoms in total. The fourth-order valence-electron chi connectivity index (χ4n) is 1.57. The molecule has 0 radical (unpaired) electrons. The predicted molar refractivity (Wildman–Crippen MR) is 67.7 cm³/mol. The van der Waals surface area contributed by atoms with Crippen LogP contribution in [0.15, 0.2) is 18.2 Å². The van der Waals surface area contributed by atoms with Gasteiger partial charge in [-0.15, -0.1) is 11.8 Å². The average molecular weight is 234 g/mol. The van der Waals surface area contributed by atoms with Crippen LogP contribution in [-0.4, -0.2) is 14.2 Å². The van der Waals surface area contributed by atoms with Gasteiger partial charge < -0.3 is 9.47 Å². The number of rotatable bonds is 5. The van der Waals surface area contributed by atoms with E-state index < -0.39 is 0 Å². The highest BCUT2D eigenvalue weighted by atomic mass is 16.5. The summed E-state index contributed by atoms with van der Waals surface area (Å²) in [6.07, 6.45) is 0.622. The van der Waals surface area contributed by atoms with Crippen molar-refractivity contribution >= 4 is 0 Å². The average Bonchev–Trinajstić information content (AvgIpc) is 2.39. The number of nitrogens with one attached hydrogen (secondary N) is 1. The summed E-state index contributed by atoms with van der Waals surface area (Å²) >= 11 is 0. The molecule has 1 unspecified atom stereocenters. The van der Waals surface area contributed by atoms with Gasteiger partial charge in [0.25, 0.3) is 0 Å². The van der Waals surface area contributed by atoms with E-state index in [1.165, 1.54) is 0 Å². The van der Waals surface area contributed by atoms with E-state index in [1.54, 1.807) is 21.1 Å².